The molecule has 0 saturated heterocycles. The molecule has 0 fully saturated rings. The summed E-state index contributed by atoms with van der Waals surface area (Å²) < 4.78 is 0.964. The van der Waals surface area contributed by atoms with E-state index < -0.39 is 0 Å². The second-order valence-electron chi connectivity index (χ2n) is 6.33. The van der Waals surface area contributed by atoms with Crippen molar-refractivity contribution in [3.8, 4) is 11.3 Å². The maximum Gasteiger partial charge on any atom is 0.321 e. The second-order valence-corrected chi connectivity index (χ2v) is 7.33. The summed E-state index contributed by atoms with van der Waals surface area (Å²) >= 11 is 1.43. The van der Waals surface area contributed by atoms with Gasteiger partial charge in [-0.2, -0.15) is 0 Å². The van der Waals surface area contributed by atoms with Gasteiger partial charge in [0, 0.05) is 30.2 Å². The Morgan fingerprint density at radius 3 is 2.83 bits per heavy atom. The lowest BCUT2D eigenvalue weighted by Gasteiger charge is -2.07. The van der Waals surface area contributed by atoms with Crippen molar-refractivity contribution in [2.45, 2.75) is 20.8 Å². The highest BCUT2D eigenvalue weighted by Crippen LogP contribution is 2.36. The normalized spacial score (nSPS) is 11.8. The van der Waals surface area contributed by atoms with Crippen LogP contribution < -0.4 is 10.6 Å². The van der Waals surface area contributed by atoms with Gasteiger partial charge in [-0.25, -0.2) is 9.78 Å². The molecule has 2 N–H and O–H groups in total. The van der Waals surface area contributed by atoms with Gasteiger partial charge in [-0.1, -0.05) is 30.1 Å². The molecule has 7 heteroatoms. The van der Waals surface area contributed by atoms with Crippen molar-refractivity contribution in [1.82, 2.24) is 15.3 Å². The Labute approximate surface area is 174 Å². The lowest BCUT2D eigenvalue weighted by Crippen LogP contribution is -2.28. The van der Waals surface area contributed by atoms with E-state index in [0.29, 0.717) is 11.7 Å². The maximum atomic E-state index is 11.9. The summed E-state index contributed by atoms with van der Waals surface area (Å²) in [7, 11) is 0. The van der Waals surface area contributed by atoms with Gasteiger partial charge in [0.15, 0.2) is 5.13 Å². The van der Waals surface area contributed by atoms with Crippen molar-refractivity contribution in [2.75, 3.05) is 11.9 Å². The molecule has 148 valence electrons. The molecule has 29 heavy (non-hydrogen) atoms. The van der Waals surface area contributed by atoms with E-state index in [-0.39, 0.29) is 6.03 Å². The first kappa shape index (κ1) is 20.4. The number of benzene rings is 1. The van der Waals surface area contributed by atoms with Gasteiger partial charge in [0.2, 0.25) is 0 Å². The molecule has 0 saturated carbocycles. The van der Waals surface area contributed by atoms with Crippen LogP contribution in [0.25, 0.3) is 27.0 Å². The van der Waals surface area contributed by atoms with Gasteiger partial charge >= 0.3 is 6.03 Å². The molecule has 0 aliphatic heterocycles. The van der Waals surface area contributed by atoms with Crippen LogP contribution in [-0.2, 0) is 0 Å². The standard InChI is InChI=1S/C22H23N5OS/c1-5-15(13-25-14(3)4)16-11-17(18-9-7-8-10-24-18)20-19(12-16)26-22(29-20)27-21(28)23-6-2/h5,7-13H,3,6H2,1-2,4H3,(H2,23,26,27,28)/b15-5+,25-13?. The number of fused-ring (bicyclic) bond motifs is 1. The summed E-state index contributed by atoms with van der Waals surface area (Å²) in [6, 6.07) is 9.62. The summed E-state index contributed by atoms with van der Waals surface area (Å²) in [5, 5.41) is 6.06. The van der Waals surface area contributed by atoms with Crippen molar-refractivity contribution in [3.05, 3.63) is 60.4 Å². The van der Waals surface area contributed by atoms with Gasteiger partial charge in [0.05, 0.1) is 15.9 Å². The second kappa shape index (κ2) is 9.25. The molecular weight excluding hydrogens is 382 g/mol. The Morgan fingerprint density at radius 2 is 2.17 bits per heavy atom. The predicted octanol–water partition coefficient (Wildman–Crippen LogP) is 5.51. The number of urea groups is 1. The number of thiazole rings is 1. The molecule has 2 amide bonds. The minimum Gasteiger partial charge on any atom is -0.338 e. The number of rotatable bonds is 6. The molecule has 1 aromatic carbocycles. The van der Waals surface area contributed by atoms with Crippen LogP contribution in [0.2, 0.25) is 0 Å². The van der Waals surface area contributed by atoms with Gasteiger partial charge in [0.25, 0.3) is 0 Å². The third-order valence-corrected chi connectivity index (χ3v) is 5.08. The number of carbonyl (C=O) groups excluding carboxylic acids is 1. The van der Waals surface area contributed by atoms with Crippen molar-refractivity contribution < 1.29 is 4.79 Å². The number of anilines is 1. The molecule has 2 aromatic heterocycles. The SMILES string of the molecule is C=C(C)N=C/C(=C\C)c1cc(-c2ccccn2)c2sc(NC(=O)NCC)nc2c1. The van der Waals surface area contributed by atoms with Crippen LogP contribution in [0, 0.1) is 0 Å². The van der Waals surface area contributed by atoms with Gasteiger partial charge in [-0.05, 0) is 56.2 Å². The summed E-state index contributed by atoms with van der Waals surface area (Å²) in [5.41, 5.74) is 5.27. The quantitative estimate of drug-likeness (QED) is 0.531. The van der Waals surface area contributed by atoms with Crippen molar-refractivity contribution in [2.24, 2.45) is 4.99 Å². The molecule has 0 spiro atoms. The summed E-state index contributed by atoms with van der Waals surface area (Å²) in [4.78, 5) is 25.4. The fraction of sp³-hybridized carbons (Fsp3) is 0.182. The lowest BCUT2D eigenvalue weighted by molar-refractivity contribution is 0.252. The number of aromatic nitrogens is 2. The highest BCUT2D eigenvalue weighted by molar-refractivity contribution is 7.22. The average Bonchev–Trinajstić information content (AvgIpc) is 3.10. The zero-order valence-corrected chi connectivity index (χ0v) is 17.5. The van der Waals surface area contributed by atoms with Gasteiger partial charge in [-0.15, -0.1) is 0 Å². The topological polar surface area (TPSA) is 79.3 Å². The summed E-state index contributed by atoms with van der Waals surface area (Å²) in [6.45, 7) is 10.1. The molecule has 0 aliphatic rings. The molecule has 0 bridgehead atoms. The number of nitrogens with zero attached hydrogens (tertiary/aromatic N) is 3. The van der Waals surface area contributed by atoms with Crippen LogP contribution in [0.3, 0.4) is 0 Å². The number of allylic oxidation sites excluding steroid dienone is 3. The molecule has 3 rings (SSSR count). The van der Waals surface area contributed by atoms with Crippen LogP contribution in [-0.4, -0.2) is 28.8 Å². The molecule has 0 unspecified atom stereocenters. The summed E-state index contributed by atoms with van der Waals surface area (Å²) in [6.07, 6.45) is 5.56. The number of amides is 2. The number of aliphatic imine (C=N–C) groups is 1. The van der Waals surface area contributed by atoms with Crippen LogP contribution in [0.5, 0.6) is 0 Å². The first-order valence-electron chi connectivity index (χ1n) is 9.29. The minimum atomic E-state index is -0.270. The van der Waals surface area contributed by atoms with Crippen LogP contribution >= 0.6 is 11.3 Å². The first-order valence-corrected chi connectivity index (χ1v) is 10.1. The Kier molecular flexibility index (Phi) is 6.51. The number of hydrogen-bond acceptors (Lipinski definition) is 5. The average molecular weight is 406 g/mol. The van der Waals surface area contributed by atoms with Gasteiger partial charge in [0.1, 0.15) is 0 Å². The largest absolute Gasteiger partial charge is 0.338 e. The zero-order valence-electron chi connectivity index (χ0n) is 16.7. The molecule has 3 aromatic rings. The van der Waals surface area contributed by atoms with E-state index in [2.05, 4.69) is 38.2 Å². The van der Waals surface area contributed by atoms with Crippen molar-refractivity contribution in [3.63, 3.8) is 0 Å². The van der Waals surface area contributed by atoms with E-state index >= 15 is 0 Å². The molecular formula is C22H23N5OS. The van der Waals surface area contributed by atoms with E-state index in [0.717, 1.165) is 38.3 Å². The molecule has 0 radical (unpaired) electrons. The lowest BCUT2D eigenvalue weighted by atomic mass is 10.0. The van der Waals surface area contributed by atoms with Crippen LogP contribution in [0.4, 0.5) is 9.93 Å². The number of pyridine rings is 1. The van der Waals surface area contributed by atoms with E-state index in [1.165, 1.54) is 11.3 Å². The number of hydrogen-bond donors (Lipinski definition) is 2. The zero-order chi connectivity index (χ0) is 20.8. The Hall–Kier alpha value is -3.32. The Balaban J connectivity index is 2.14. The van der Waals surface area contributed by atoms with Crippen LogP contribution in [0.15, 0.2) is 59.9 Å². The number of carbonyl (C=O) groups is 1. The highest BCUT2D eigenvalue weighted by Gasteiger charge is 2.15. The highest BCUT2D eigenvalue weighted by atomic mass is 32.1. The van der Waals surface area contributed by atoms with Crippen LogP contribution in [0.1, 0.15) is 26.3 Å². The third kappa shape index (κ3) is 4.94. The first-order chi connectivity index (χ1) is 14.0. The van der Waals surface area contributed by atoms with E-state index in [9.17, 15) is 4.79 Å². The third-order valence-electron chi connectivity index (χ3n) is 4.06. The Bertz CT molecular complexity index is 1100. The maximum absolute atomic E-state index is 11.9. The van der Waals surface area contributed by atoms with Crippen molar-refractivity contribution >= 4 is 44.5 Å². The molecule has 6 nitrogen and oxygen atoms in total. The van der Waals surface area contributed by atoms with Gasteiger partial charge in [-0.3, -0.25) is 15.3 Å². The molecule has 0 aliphatic carbocycles. The van der Waals surface area contributed by atoms with E-state index in [1.807, 2.05) is 51.1 Å². The fourth-order valence-electron chi connectivity index (χ4n) is 2.76. The monoisotopic (exact) mass is 405 g/mol. The van der Waals surface area contributed by atoms with E-state index in [4.69, 9.17) is 0 Å². The fourth-order valence-corrected chi connectivity index (χ4v) is 3.73. The predicted molar refractivity (Wildman–Crippen MR) is 123 cm³/mol. The minimum absolute atomic E-state index is 0.270. The van der Waals surface area contributed by atoms with Gasteiger partial charge < -0.3 is 5.32 Å². The Morgan fingerprint density at radius 1 is 1.34 bits per heavy atom. The number of nitrogens with one attached hydrogen (secondary N) is 2. The molecule has 0 atom stereocenters. The smallest absolute Gasteiger partial charge is 0.321 e. The van der Waals surface area contributed by atoms with Crippen molar-refractivity contribution in [1.29, 1.82) is 0 Å². The van der Waals surface area contributed by atoms with E-state index in [1.54, 1.807) is 12.4 Å². The summed E-state index contributed by atoms with van der Waals surface area (Å²) in [5.74, 6) is 0. The molecule has 2 heterocycles.